The monoisotopic (exact) mass is 391 g/mol. The van der Waals surface area contributed by atoms with Crippen LogP contribution in [0.1, 0.15) is 37.3 Å². The predicted octanol–water partition coefficient (Wildman–Crippen LogP) is 5.18. The third-order valence-electron chi connectivity index (χ3n) is 5.11. The van der Waals surface area contributed by atoms with Crippen molar-refractivity contribution in [3.05, 3.63) is 53.4 Å². The molecule has 2 aromatic heterocycles. The number of benzene rings is 1. The molecule has 0 N–H and O–H groups in total. The van der Waals surface area contributed by atoms with Gasteiger partial charge in [-0.1, -0.05) is 26.0 Å². The normalized spacial score (nSPS) is 19.2. The van der Waals surface area contributed by atoms with Crippen LogP contribution in [0.15, 0.2) is 45.2 Å². The van der Waals surface area contributed by atoms with Crippen LogP contribution >= 0.6 is 0 Å². The van der Waals surface area contributed by atoms with Crippen LogP contribution < -0.4 is 9.64 Å². The number of anilines is 1. The molecule has 0 spiro atoms. The topological polar surface area (TPSA) is 75.4 Å². The van der Waals surface area contributed by atoms with Gasteiger partial charge in [0.2, 0.25) is 11.6 Å². The van der Waals surface area contributed by atoms with Gasteiger partial charge in [-0.2, -0.15) is 10.2 Å². The van der Waals surface area contributed by atoms with Crippen molar-refractivity contribution in [2.75, 3.05) is 18.0 Å². The fourth-order valence-corrected chi connectivity index (χ4v) is 3.96. The first-order chi connectivity index (χ1) is 14.0. The minimum absolute atomic E-state index is 0.301. The van der Waals surface area contributed by atoms with E-state index in [-0.39, 0.29) is 0 Å². The SMILES string of the molecule is Cc1cccc(OCc2ccc(-c3nc(C#N)c(N4C[C@H](C)C[C@H](C)C4)o3)o2)c1. The standard InChI is InChI=1S/C23H25N3O3/c1-15-5-4-6-18(10-15)27-14-19-7-8-21(28-19)22-25-20(11-24)23(29-22)26-12-16(2)9-17(3)13-26/h4-8,10,16-17H,9,12-14H2,1-3H3/t16-,17+. The average molecular weight is 391 g/mol. The molecule has 3 aromatic rings. The van der Waals surface area contributed by atoms with Crippen LogP contribution in [0.4, 0.5) is 5.88 Å². The predicted molar refractivity (Wildman–Crippen MR) is 110 cm³/mol. The third kappa shape index (κ3) is 4.29. The van der Waals surface area contributed by atoms with Crippen molar-refractivity contribution in [3.63, 3.8) is 0 Å². The van der Waals surface area contributed by atoms with E-state index in [1.807, 2.05) is 37.3 Å². The molecule has 3 heterocycles. The number of nitrogens with zero attached hydrogens (tertiary/aromatic N) is 3. The van der Waals surface area contributed by atoms with E-state index in [9.17, 15) is 5.26 Å². The Morgan fingerprint density at radius 3 is 2.69 bits per heavy atom. The quantitative estimate of drug-likeness (QED) is 0.597. The van der Waals surface area contributed by atoms with Gasteiger partial charge in [0.05, 0.1) is 0 Å². The van der Waals surface area contributed by atoms with Crippen molar-refractivity contribution >= 4 is 5.88 Å². The van der Waals surface area contributed by atoms with E-state index in [0.717, 1.165) is 24.4 Å². The second-order valence-corrected chi connectivity index (χ2v) is 8.01. The van der Waals surface area contributed by atoms with Crippen molar-refractivity contribution in [2.24, 2.45) is 11.8 Å². The zero-order valence-electron chi connectivity index (χ0n) is 17.0. The van der Waals surface area contributed by atoms with Crippen LogP contribution in [0.3, 0.4) is 0 Å². The fraction of sp³-hybridized carbons (Fsp3) is 0.391. The number of aryl methyl sites for hydroxylation is 1. The molecule has 29 heavy (non-hydrogen) atoms. The van der Waals surface area contributed by atoms with Crippen molar-refractivity contribution in [1.82, 2.24) is 4.98 Å². The molecule has 0 unspecified atom stereocenters. The van der Waals surface area contributed by atoms with Crippen LogP contribution in [0.25, 0.3) is 11.7 Å². The highest BCUT2D eigenvalue weighted by Crippen LogP contribution is 2.33. The summed E-state index contributed by atoms with van der Waals surface area (Å²) < 4.78 is 17.6. The Bertz CT molecular complexity index is 1020. The number of oxazole rings is 1. The van der Waals surface area contributed by atoms with Gasteiger partial charge in [-0.25, -0.2) is 0 Å². The van der Waals surface area contributed by atoms with Crippen LogP contribution in [-0.4, -0.2) is 18.1 Å². The first-order valence-electron chi connectivity index (χ1n) is 9.96. The summed E-state index contributed by atoms with van der Waals surface area (Å²) in [5.74, 6) is 3.91. The Morgan fingerprint density at radius 1 is 1.17 bits per heavy atom. The largest absolute Gasteiger partial charge is 0.486 e. The van der Waals surface area contributed by atoms with E-state index in [1.165, 1.54) is 6.42 Å². The molecule has 1 fully saturated rings. The summed E-state index contributed by atoms with van der Waals surface area (Å²) in [5.41, 5.74) is 1.44. The van der Waals surface area contributed by atoms with Crippen LogP contribution in [0.2, 0.25) is 0 Å². The molecule has 1 aromatic carbocycles. The van der Waals surface area contributed by atoms with Crippen molar-refractivity contribution in [2.45, 2.75) is 33.8 Å². The summed E-state index contributed by atoms with van der Waals surface area (Å²) in [6.07, 6.45) is 1.18. The molecule has 2 atom stereocenters. The average Bonchev–Trinajstić information content (AvgIpc) is 3.32. The van der Waals surface area contributed by atoms with Crippen LogP contribution in [0, 0.1) is 30.1 Å². The number of aromatic nitrogens is 1. The number of piperidine rings is 1. The summed E-state index contributed by atoms with van der Waals surface area (Å²) in [4.78, 5) is 6.49. The maximum atomic E-state index is 9.53. The second kappa shape index (κ2) is 8.04. The maximum Gasteiger partial charge on any atom is 0.266 e. The molecule has 1 aliphatic heterocycles. The van der Waals surface area contributed by atoms with Crippen LogP contribution in [0.5, 0.6) is 5.75 Å². The van der Waals surface area contributed by atoms with Gasteiger partial charge in [-0.15, -0.1) is 0 Å². The highest BCUT2D eigenvalue weighted by atomic mass is 16.5. The molecule has 0 aliphatic carbocycles. The Morgan fingerprint density at radius 2 is 1.97 bits per heavy atom. The van der Waals surface area contributed by atoms with Gasteiger partial charge < -0.3 is 18.5 Å². The molecule has 6 nitrogen and oxygen atoms in total. The molecule has 1 aliphatic rings. The first-order valence-corrected chi connectivity index (χ1v) is 9.96. The molecule has 1 saturated heterocycles. The lowest BCUT2D eigenvalue weighted by molar-refractivity contribution is 0.271. The summed E-state index contributed by atoms with van der Waals surface area (Å²) in [6.45, 7) is 8.50. The molecule has 150 valence electrons. The van der Waals surface area contributed by atoms with Gasteiger partial charge in [-0.05, 0) is 55.0 Å². The zero-order valence-corrected chi connectivity index (χ0v) is 17.0. The number of furan rings is 1. The zero-order chi connectivity index (χ0) is 20.4. The molecular formula is C23H25N3O3. The number of nitriles is 1. The van der Waals surface area contributed by atoms with E-state index in [2.05, 4.69) is 29.8 Å². The Hall–Kier alpha value is -3.20. The smallest absolute Gasteiger partial charge is 0.266 e. The fourth-order valence-electron chi connectivity index (χ4n) is 3.96. The molecule has 0 radical (unpaired) electrons. The van der Waals surface area contributed by atoms with E-state index in [0.29, 0.717) is 47.4 Å². The van der Waals surface area contributed by atoms with Crippen molar-refractivity contribution in [3.8, 4) is 23.5 Å². The van der Waals surface area contributed by atoms with Crippen LogP contribution in [-0.2, 0) is 6.61 Å². The third-order valence-corrected chi connectivity index (χ3v) is 5.11. The molecule has 6 heteroatoms. The van der Waals surface area contributed by atoms with Gasteiger partial charge >= 0.3 is 0 Å². The number of hydrogen-bond acceptors (Lipinski definition) is 6. The Kier molecular flexibility index (Phi) is 5.30. The van der Waals surface area contributed by atoms with E-state index in [4.69, 9.17) is 13.6 Å². The lowest BCUT2D eigenvalue weighted by atomic mass is 9.92. The second-order valence-electron chi connectivity index (χ2n) is 8.01. The summed E-state index contributed by atoms with van der Waals surface area (Å²) in [5, 5.41) is 9.53. The first kappa shape index (κ1) is 19.1. The van der Waals surface area contributed by atoms with Crippen molar-refractivity contribution in [1.29, 1.82) is 5.26 Å². The summed E-state index contributed by atoms with van der Waals surface area (Å²) in [6, 6.07) is 13.7. The van der Waals surface area contributed by atoms with Gasteiger partial charge in [0.15, 0.2) is 5.76 Å². The molecule has 4 rings (SSSR count). The lowest BCUT2D eigenvalue weighted by Gasteiger charge is -2.34. The molecule has 0 bridgehead atoms. The van der Waals surface area contributed by atoms with Crippen molar-refractivity contribution < 1.29 is 13.6 Å². The van der Waals surface area contributed by atoms with E-state index >= 15 is 0 Å². The molecular weight excluding hydrogens is 366 g/mol. The highest BCUT2D eigenvalue weighted by molar-refractivity contribution is 5.56. The Balaban J connectivity index is 1.50. The van der Waals surface area contributed by atoms with Gasteiger partial charge in [0, 0.05) is 13.1 Å². The summed E-state index contributed by atoms with van der Waals surface area (Å²) >= 11 is 0. The minimum Gasteiger partial charge on any atom is -0.486 e. The van der Waals surface area contributed by atoms with Gasteiger partial charge in [-0.3, -0.25) is 0 Å². The lowest BCUT2D eigenvalue weighted by Crippen LogP contribution is -2.38. The van der Waals surface area contributed by atoms with Gasteiger partial charge in [0.1, 0.15) is 24.2 Å². The maximum absolute atomic E-state index is 9.53. The summed E-state index contributed by atoms with van der Waals surface area (Å²) in [7, 11) is 0. The highest BCUT2D eigenvalue weighted by Gasteiger charge is 2.28. The van der Waals surface area contributed by atoms with Gasteiger partial charge in [0.25, 0.3) is 5.89 Å². The van der Waals surface area contributed by atoms with E-state index in [1.54, 1.807) is 6.07 Å². The van der Waals surface area contributed by atoms with E-state index < -0.39 is 0 Å². The number of hydrogen-bond donors (Lipinski definition) is 0. The molecule has 0 saturated carbocycles. The number of rotatable bonds is 5. The Labute approximate surface area is 170 Å². The minimum atomic E-state index is 0.301. The number of ether oxygens (including phenoxy) is 1. The molecule has 0 amide bonds.